The van der Waals surface area contributed by atoms with E-state index in [0.717, 1.165) is 18.8 Å². The van der Waals surface area contributed by atoms with E-state index in [1.165, 1.54) is 5.56 Å². The number of rotatable bonds is 7. The molecule has 15 heavy (non-hydrogen) atoms. The molecule has 0 atom stereocenters. The van der Waals surface area contributed by atoms with Crippen molar-refractivity contribution in [2.45, 2.75) is 19.9 Å². The average molecular weight is 211 g/mol. The summed E-state index contributed by atoms with van der Waals surface area (Å²) in [5.74, 6) is 0.891. The molecule has 0 saturated carbocycles. The van der Waals surface area contributed by atoms with Crippen LogP contribution in [-0.4, -0.2) is 19.8 Å². The summed E-state index contributed by atoms with van der Waals surface area (Å²) in [4.78, 5) is 0. The summed E-state index contributed by atoms with van der Waals surface area (Å²) in [5.41, 5.74) is 1.17. The zero-order valence-corrected chi connectivity index (χ0v) is 9.13. The highest BCUT2D eigenvalue weighted by Crippen LogP contribution is 2.12. The van der Waals surface area contributed by atoms with Crippen molar-refractivity contribution in [1.29, 1.82) is 0 Å². The van der Waals surface area contributed by atoms with Crippen molar-refractivity contribution in [1.82, 2.24) is 5.32 Å². The second kappa shape index (κ2) is 7.23. The predicted molar refractivity (Wildman–Crippen MR) is 59.9 cm³/mol. The van der Waals surface area contributed by atoms with Crippen LogP contribution in [0.15, 0.2) is 24.3 Å². The van der Waals surface area contributed by atoms with Crippen LogP contribution in [0.25, 0.3) is 0 Å². The average Bonchev–Trinajstić information content (AvgIpc) is 2.26. The van der Waals surface area contributed by atoms with Crippen LogP contribution < -0.4 is 10.1 Å². The number of ether oxygens (including phenoxy) is 1. The molecular formula is C12H18FNO. The van der Waals surface area contributed by atoms with Gasteiger partial charge in [-0.3, -0.25) is 4.39 Å². The Morgan fingerprint density at radius 1 is 1.40 bits per heavy atom. The summed E-state index contributed by atoms with van der Waals surface area (Å²) < 4.78 is 17.2. The molecule has 1 aromatic rings. The monoisotopic (exact) mass is 211 g/mol. The van der Waals surface area contributed by atoms with Gasteiger partial charge in [0, 0.05) is 6.54 Å². The van der Waals surface area contributed by atoms with Gasteiger partial charge in [-0.05, 0) is 37.6 Å². The Balaban J connectivity index is 2.36. The fraction of sp³-hybridized carbons (Fsp3) is 0.500. The van der Waals surface area contributed by atoms with Gasteiger partial charge in [0.1, 0.15) is 5.75 Å². The maximum atomic E-state index is 11.8. The van der Waals surface area contributed by atoms with Gasteiger partial charge < -0.3 is 10.1 Å². The molecule has 0 aliphatic rings. The van der Waals surface area contributed by atoms with Gasteiger partial charge in [0.15, 0.2) is 0 Å². The molecule has 0 amide bonds. The van der Waals surface area contributed by atoms with Crippen molar-refractivity contribution in [3.05, 3.63) is 29.8 Å². The van der Waals surface area contributed by atoms with Gasteiger partial charge >= 0.3 is 0 Å². The van der Waals surface area contributed by atoms with Gasteiger partial charge in [-0.25, -0.2) is 0 Å². The number of hydrogen-bond donors (Lipinski definition) is 1. The van der Waals surface area contributed by atoms with Crippen LogP contribution in [0, 0.1) is 0 Å². The SMILES string of the molecule is CCOc1cccc(CNCCCF)c1. The minimum Gasteiger partial charge on any atom is -0.494 e. The maximum absolute atomic E-state index is 11.8. The van der Waals surface area contributed by atoms with Crippen LogP contribution in [0.5, 0.6) is 5.75 Å². The second-order valence-corrected chi connectivity index (χ2v) is 3.30. The number of hydrogen-bond acceptors (Lipinski definition) is 2. The number of alkyl halides is 1. The van der Waals surface area contributed by atoms with E-state index in [0.29, 0.717) is 13.0 Å². The second-order valence-electron chi connectivity index (χ2n) is 3.30. The molecule has 0 aliphatic carbocycles. The summed E-state index contributed by atoms with van der Waals surface area (Å²) in [6.45, 7) is 3.87. The summed E-state index contributed by atoms with van der Waals surface area (Å²) in [6, 6.07) is 7.95. The summed E-state index contributed by atoms with van der Waals surface area (Å²) in [6.07, 6.45) is 0.575. The number of nitrogens with one attached hydrogen (secondary N) is 1. The maximum Gasteiger partial charge on any atom is 0.119 e. The third kappa shape index (κ3) is 4.79. The Morgan fingerprint density at radius 3 is 3.00 bits per heavy atom. The lowest BCUT2D eigenvalue weighted by molar-refractivity contribution is 0.340. The molecule has 0 bridgehead atoms. The van der Waals surface area contributed by atoms with Gasteiger partial charge in [0.05, 0.1) is 13.3 Å². The fourth-order valence-corrected chi connectivity index (χ4v) is 1.34. The standard InChI is InChI=1S/C12H18FNO/c1-2-15-12-6-3-5-11(9-12)10-14-8-4-7-13/h3,5-6,9,14H,2,4,7-8,10H2,1H3. The van der Waals surface area contributed by atoms with Crippen molar-refractivity contribution >= 4 is 0 Å². The summed E-state index contributed by atoms with van der Waals surface area (Å²) in [7, 11) is 0. The van der Waals surface area contributed by atoms with E-state index < -0.39 is 0 Å². The van der Waals surface area contributed by atoms with Crippen LogP contribution in [0.2, 0.25) is 0 Å². The third-order valence-corrected chi connectivity index (χ3v) is 2.03. The molecule has 2 nitrogen and oxygen atoms in total. The molecule has 1 N–H and O–H groups in total. The van der Waals surface area contributed by atoms with Crippen LogP contribution in [0.4, 0.5) is 4.39 Å². The molecule has 0 unspecified atom stereocenters. The van der Waals surface area contributed by atoms with Gasteiger partial charge in [-0.2, -0.15) is 0 Å². The molecule has 0 aromatic heterocycles. The highest BCUT2D eigenvalue weighted by molar-refractivity contribution is 5.28. The molecule has 84 valence electrons. The molecule has 0 aliphatic heterocycles. The van der Waals surface area contributed by atoms with Crippen LogP contribution in [0.1, 0.15) is 18.9 Å². The Hall–Kier alpha value is -1.09. The van der Waals surface area contributed by atoms with Crippen molar-refractivity contribution < 1.29 is 9.13 Å². The van der Waals surface area contributed by atoms with Crippen molar-refractivity contribution in [3.8, 4) is 5.75 Å². The van der Waals surface area contributed by atoms with Gasteiger partial charge in [-0.15, -0.1) is 0 Å². The van der Waals surface area contributed by atoms with Gasteiger partial charge in [0.2, 0.25) is 0 Å². The molecule has 0 saturated heterocycles. The first-order valence-electron chi connectivity index (χ1n) is 5.35. The molecule has 3 heteroatoms. The Bertz CT molecular complexity index is 278. The zero-order valence-electron chi connectivity index (χ0n) is 9.13. The summed E-state index contributed by atoms with van der Waals surface area (Å²) in [5, 5.41) is 3.18. The molecule has 0 radical (unpaired) electrons. The molecule has 0 heterocycles. The van der Waals surface area contributed by atoms with E-state index in [-0.39, 0.29) is 6.67 Å². The normalized spacial score (nSPS) is 10.3. The highest BCUT2D eigenvalue weighted by Gasteiger charge is 1.95. The van der Waals surface area contributed by atoms with Gasteiger partial charge in [0.25, 0.3) is 0 Å². The topological polar surface area (TPSA) is 21.3 Å². The van der Waals surface area contributed by atoms with E-state index >= 15 is 0 Å². The predicted octanol–water partition coefficient (Wildman–Crippen LogP) is 2.53. The lowest BCUT2D eigenvalue weighted by Gasteiger charge is -2.06. The number of halogens is 1. The Morgan fingerprint density at radius 2 is 2.27 bits per heavy atom. The van der Waals surface area contributed by atoms with E-state index in [2.05, 4.69) is 5.32 Å². The van der Waals surface area contributed by atoms with E-state index in [9.17, 15) is 4.39 Å². The number of benzene rings is 1. The van der Waals surface area contributed by atoms with Crippen LogP contribution >= 0.6 is 0 Å². The van der Waals surface area contributed by atoms with Crippen molar-refractivity contribution in [3.63, 3.8) is 0 Å². The van der Waals surface area contributed by atoms with Crippen molar-refractivity contribution in [2.75, 3.05) is 19.8 Å². The Kier molecular flexibility index (Phi) is 5.78. The first-order chi connectivity index (χ1) is 7.36. The molecular weight excluding hydrogens is 193 g/mol. The van der Waals surface area contributed by atoms with E-state index in [4.69, 9.17) is 4.74 Å². The van der Waals surface area contributed by atoms with E-state index in [1.807, 2.05) is 31.2 Å². The Labute approximate surface area is 90.4 Å². The van der Waals surface area contributed by atoms with Crippen LogP contribution in [-0.2, 0) is 6.54 Å². The van der Waals surface area contributed by atoms with Crippen LogP contribution in [0.3, 0.4) is 0 Å². The molecule has 0 fully saturated rings. The minimum absolute atomic E-state index is 0.258. The van der Waals surface area contributed by atoms with Crippen molar-refractivity contribution in [2.24, 2.45) is 0 Å². The van der Waals surface area contributed by atoms with Gasteiger partial charge in [-0.1, -0.05) is 12.1 Å². The largest absolute Gasteiger partial charge is 0.494 e. The summed E-state index contributed by atoms with van der Waals surface area (Å²) >= 11 is 0. The zero-order chi connectivity index (χ0) is 10.9. The first-order valence-corrected chi connectivity index (χ1v) is 5.35. The minimum atomic E-state index is -0.258. The first kappa shape index (κ1) is 12.0. The smallest absolute Gasteiger partial charge is 0.119 e. The lowest BCUT2D eigenvalue weighted by Crippen LogP contribution is -2.15. The molecule has 0 spiro atoms. The molecule has 1 rings (SSSR count). The van der Waals surface area contributed by atoms with E-state index in [1.54, 1.807) is 0 Å². The third-order valence-electron chi connectivity index (χ3n) is 2.03. The molecule has 1 aromatic carbocycles. The quantitative estimate of drug-likeness (QED) is 0.700. The lowest BCUT2D eigenvalue weighted by atomic mass is 10.2. The highest BCUT2D eigenvalue weighted by atomic mass is 19.1. The fourth-order valence-electron chi connectivity index (χ4n) is 1.34.